The zero-order chi connectivity index (χ0) is 22.2. The SMILES string of the molecule is C/C(=N\O)c1ccc(C(=O)NCC2CCN(C(=O)OCc3ccc(C)cc3)CC2)cc1. The molecule has 2 amide bonds. The van der Waals surface area contributed by atoms with Gasteiger partial charge in [-0.1, -0.05) is 47.1 Å². The molecule has 2 N–H and O–H groups in total. The number of ether oxygens (including phenoxy) is 1. The van der Waals surface area contributed by atoms with Gasteiger partial charge in [0.2, 0.25) is 0 Å². The van der Waals surface area contributed by atoms with Crippen LogP contribution in [-0.2, 0) is 11.3 Å². The highest BCUT2D eigenvalue weighted by Gasteiger charge is 2.24. The quantitative estimate of drug-likeness (QED) is 0.418. The van der Waals surface area contributed by atoms with Crippen molar-refractivity contribution in [3.8, 4) is 0 Å². The molecule has 0 spiro atoms. The number of aryl methyl sites for hydroxylation is 1. The summed E-state index contributed by atoms with van der Waals surface area (Å²) in [4.78, 5) is 26.4. The lowest BCUT2D eigenvalue weighted by atomic mass is 9.97. The van der Waals surface area contributed by atoms with Gasteiger partial charge in [0, 0.05) is 25.2 Å². The molecular formula is C24H29N3O4. The van der Waals surface area contributed by atoms with E-state index in [4.69, 9.17) is 9.94 Å². The molecule has 164 valence electrons. The Morgan fingerprint density at radius 1 is 1.06 bits per heavy atom. The number of likely N-dealkylation sites (tertiary alicyclic amines) is 1. The second-order valence-corrected chi connectivity index (χ2v) is 7.94. The van der Waals surface area contributed by atoms with Crippen LogP contribution in [0.5, 0.6) is 0 Å². The van der Waals surface area contributed by atoms with E-state index in [-0.39, 0.29) is 18.6 Å². The molecule has 0 atom stereocenters. The Labute approximate surface area is 182 Å². The number of rotatable bonds is 6. The van der Waals surface area contributed by atoms with Crippen LogP contribution in [0.2, 0.25) is 0 Å². The summed E-state index contributed by atoms with van der Waals surface area (Å²) in [5.41, 5.74) is 3.97. The Morgan fingerprint density at radius 2 is 1.68 bits per heavy atom. The molecule has 3 rings (SSSR count). The van der Waals surface area contributed by atoms with Gasteiger partial charge >= 0.3 is 6.09 Å². The first-order chi connectivity index (χ1) is 15.0. The first kappa shape index (κ1) is 22.3. The van der Waals surface area contributed by atoms with E-state index in [1.54, 1.807) is 36.1 Å². The summed E-state index contributed by atoms with van der Waals surface area (Å²) >= 11 is 0. The topological polar surface area (TPSA) is 91.2 Å². The number of hydrogen-bond donors (Lipinski definition) is 2. The van der Waals surface area contributed by atoms with Crippen LogP contribution in [0.1, 0.15) is 46.8 Å². The number of benzene rings is 2. The first-order valence-corrected chi connectivity index (χ1v) is 10.5. The molecule has 7 nitrogen and oxygen atoms in total. The second-order valence-electron chi connectivity index (χ2n) is 7.94. The van der Waals surface area contributed by atoms with Gasteiger partial charge in [0.05, 0.1) is 5.71 Å². The third-order valence-corrected chi connectivity index (χ3v) is 5.62. The number of carbonyl (C=O) groups excluding carboxylic acids is 2. The lowest BCUT2D eigenvalue weighted by molar-refractivity contribution is 0.0801. The predicted octanol–water partition coefficient (Wildman–Crippen LogP) is 3.97. The molecule has 1 aliphatic heterocycles. The van der Waals surface area contributed by atoms with E-state index in [9.17, 15) is 9.59 Å². The van der Waals surface area contributed by atoms with Crippen molar-refractivity contribution in [2.45, 2.75) is 33.3 Å². The predicted molar refractivity (Wildman–Crippen MR) is 118 cm³/mol. The van der Waals surface area contributed by atoms with E-state index in [0.717, 1.165) is 24.0 Å². The fourth-order valence-electron chi connectivity index (χ4n) is 3.50. The molecule has 2 aromatic carbocycles. The number of piperidine rings is 1. The molecule has 1 heterocycles. The molecule has 31 heavy (non-hydrogen) atoms. The van der Waals surface area contributed by atoms with Gasteiger partial charge in [0.25, 0.3) is 5.91 Å². The van der Waals surface area contributed by atoms with Crippen molar-refractivity contribution in [1.82, 2.24) is 10.2 Å². The Bertz CT molecular complexity index is 915. The maximum absolute atomic E-state index is 12.4. The average molecular weight is 424 g/mol. The Hall–Kier alpha value is -3.35. The fraction of sp³-hybridized carbons (Fsp3) is 0.375. The van der Waals surface area contributed by atoms with Crippen LogP contribution in [-0.4, -0.2) is 47.5 Å². The molecular weight excluding hydrogens is 394 g/mol. The summed E-state index contributed by atoms with van der Waals surface area (Å²) in [6, 6.07) is 14.9. The first-order valence-electron chi connectivity index (χ1n) is 10.5. The molecule has 0 aliphatic carbocycles. The number of carbonyl (C=O) groups is 2. The van der Waals surface area contributed by atoms with Crippen LogP contribution < -0.4 is 5.32 Å². The molecule has 7 heteroatoms. The second kappa shape index (κ2) is 10.6. The Morgan fingerprint density at radius 3 is 2.29 bits per heavy atom. The van der Waals surface area contributed by atoms with Crippen LogP contribution in [0.15, 0.2) is 53.7 Å². The third-order valence-electron chi connectivity index (χ3n) is 5.62. The normalized spacial score (nSPS) is 14.9. The fourth-order valence-corrected chi connectivity index (χ4v) is 3.50. The molecule has 0 radical (unpaired) electrons. The molecule has 1 aliphatic rings. The largest absolute Gasteiger partial charge is 0.445 e. The Balaban J connectivity index is 1.39. The van der Waals surface area contributed by atoms with Gasteiger partial charge in [-0.3, -0.25) is 4.79 Å². The van der Waals surface area contributed by atoms with Gasteiger partial charge in [-0.25, -0.2) is 4.79 Å². The number of hydrogen-bond acceptors (Lipinski definition) is 5. The molecule has 0 bridgehead atoms. The van der Waals surface area contributed by atoms with E-state index in [1.165, 1.54) is 5.56 Å². The zero-order valence-corrected chi connectivity index (χ0v) is 18.0. The number of oxime groups is 1. The maximum Gasteiger partial charge on any atom is 0.410 e. The third kappa shape index (κ3) is 6.31. The average Bonchev–Trinajstić information content (AvgIpc) is 2.82. The highest BCUT2D eigenvalue weighted by molar-refractivity contribution is 6.00. The maximum atomic E-state index is 12.4. The van der Waals surface area contributed by atoms with Crippen molar-refractivity contribution in [2.24, 2.45) is 11.1 Å². The van der Waals surface area contributed by atoms with Crippen molar-refractivity contribution in [2.75, 3.05) is 19.6 Å². The van der Waals surface area contributed by atoms with E-state index < -0.39 is 0 Å². The number of amides is 2. The monoisotopic (exact) mass is 423 g/mol. The summed E-state index contributed by atoms with van der Waals surface area (Å²) in [7, 11) is 0. The lowest BCUT2D eigenvalue weighted by Crippen LogP contribution is -2.41. The highest BCUT2D eigenvalue weighted by Crippen LogP contribution is 2.18. The standard InChI is InChI=1S/C24H29N3O4/c1-17-3-5-20(6-4-17)16-31-24(29)27-13-11-19(12-14-27)15-25-23(28)22-9-7-21(8-10-22)18(2)26-30/h3-10,19,30H,11-16H2,1-2H3,(H,25,28)/b26-18+. The van der Waals surface area contributed by atoms with Gasteiger partial charge < -0.3 is 20.2 Å². The molecule has 0 saturated carbocycles. The van der Waals surface area contributed by atoms with Crippen molar-refractivity contribution < 1.29 is 19.5 Å². The molecule has 0 aromatic heterocycles. The molecule has 2 aromatic rings. The summed E-state index contributed by atoms with van der Waals surface area (Å²) in [6.07, 6.45) is 1.36. The smallest absolute Gasteiger partial charge is 0.410 e. The van der Waals surface area contributed by atoms with E-state index in [2.05, 4.69) is 10.5 Å². The van der Waals surface area contributed by atoms with Gasteiger partial charge in [-0.2, -0.15) is 0 Å². The van der Waals surface area contributed by atoms with Crippen molar-refractivity contribution in [1.29, 1.82) is 0 Å². The number of nitrogens with one attached hydrogen (secondary N) is 1. The summed E-state index contributed by atoms with van der Waals surface area (Å²) < 4.78 is 5.43. The lowest BCUT2D eigenvalue weighted by Gasteiger charge is -2.31. The van der Waals surface area contributed by atoms with Crippen LogP contribution in [0.3, 0.4) is 0 Å². The van der Waals surface area contributed by atoms with Crippen LogP contribution in [0, 0.1) is 12.8 Å². The van der Waals surface area contributed by atoms with Crippen molar-refractivity contribution >= 4 is 17.7 Å². The minimum atomic E-state index is -0.287. The van der Waals surface area contributed by atoms with Crippen molar-refractivity contribution in [3.05, 3.63) is 70.8 Å². The van der Waals surface area contributed by atoms with Crippen LogP contribution in [0.4, 0.5) is 4.79 Å². The van der Waals surface area contributed by atoms with Crippen LogP contribution in [0.25, 0.3) is 0 Å². The summed E-state index contributed by atoms with van der Waals surface area (Å²) in [5, 5.41) is 14.9. The van der Waals surface area contributed by atoms with Gasteiger partial charge in [-0.05, 0) is 55.9 Å². The highest BCUT2D eigenvalue weighted by atomic mass is 16.6. The van der Waals surface area contributed by atoms with E-state index in [0.29, 0.717) is 36.8 Å². The Kier molecular flexibility index (Phi) is 7.65. The molecule has 1 saturated heterocycles. The minimum absolute atomic E-state index is 0.134. The van der Waals surface area contributed by atoms with Gasteiger partial charge in [0.1, 0.15) is 6.61 Å². The minimum Gasteiger partial charge on any atom is -0.445 e. The molecule has 0 unspecified atom stereocenters. The zero-order valence-electron chi connectivity index (χ0n) is 18.0. The number of nitrogens with zero attached hydrogens (tertiary/aromatic N) is 2. The van der Waals surface area contributed by atoms with Gasteiger partial charge in [0.15, 0.2) is 0 Å². The molecule has 1 fully saturated rings. The van der Waals surface area contributed by atoms with E-state index >= 15 is 0 Å². The van der Waals surface area contributed by atoms with Crippen molar-refractivity contribution in [3.63, 3.8) is 0 Å². The van der Waals surface area contributed by atoms with Crippen LogP contribution >= 0.6 is 0 Å². The summed E-state index contributed by atoms with van der Waals surface area (Å²) in [6.45, 7) is 5.82. The van der Waals surface area contributed by atoms with E-state index in [1.807, 2.05) is 31.2 Å². The summed E-state index contributed by atoms with van der Waals surface area (Å²) in [5.74, 6) is 0.193. The van der Waals surface area contributed by atoms with Gasteiger partial charge in [-0.15, -0.1) is 0 Å².